The molecule has 0 aliphatic carbocycles. The van der Waals surface area contributed by atoms with Crippen LogP contribution in [-0.4, -0.2) is 13.4 Å². The van der Waals surface area contributed by atoms with Crippen LogP contribution in [0.3, 0.4) is 0 Å². The Bertz CT molecular complexity index is 3270. The highest BCUT2D eigenvalue weighted by Gasteiger charge is 2.32. The van der Waals surface area contributed by atoms with E-state index in [0.717, 1.165) is 17.1 Å². The van der Waals surface area contributed by atoms with Gasteiger partial charge in [-0.3, -0.25) is 0 Å². The van der Waals surface area contributed by atoms with E-state index in [1.807, 2.05) is 0 Å². The third-order valence-corrected chi connectivity index (χ3v) is 14.9. The summed E-state index contributed by atoms with van der Waals surface area (Å²) in [7, 11) is 0. The quantitative estimate of drug-likeness (QED) is 0.115. The predicted molar refractivity (Wildman–Crippen MR) is 289 cm³/mol. The van der Waals surface area contributed by atoms with Gasteiger partial charge in [-0.2, -0.15) is 0 Å². The zero-order valence-corrected chi connectivity index (χ0v) is 41.2. The van der Waals surface area contributed by atoms with Gasteiger partial charge in [-0.05, 0) is 141 Å². The Morgan fingerprint density at radius 2 is 0.758 bits per heavy atom. The maximum Gasteiger partial charge on any atom is 0.242 e. The first-order chi connectivity index (χ1) is 31.6. The van der Waals surface area contributed by atoms with Crippen molar-refractivity contribution in [2.45, 2.75) is 90.0 Å². The van der Waals surface area contributed by atoms with Gasteiger partial charge in [0.15, 0.2) is 0 Å². The summed E-state index contributed by atoms with van der Waals surface area (Å²) in [4.78, 5) is 0. The third kappa shape index (κ3) is 7.19. The van der Waals surface area contributed by atoms with Gasteiger partial charge in [-0.15, -0.1) is 0 Å². The smallest absolute Gasteiger partial charge is 0.242 e. The minimum atomic E-state index is 0.0695. The van der Waals surface area contributed by atoms with E-state index in [1.54, 1.807) is 0 Å². The maximum atomic E-state index is 7.05. The second-order valence-corrected chi connectivity index (χ2v) is 20.0. The Morgan fingerprint density at radius 1 is 0.333 bits per heavy atom. The second kappa shape index (κ2) is 16.4. The lowest BCUT2D eigenvalue weighted by molar-refractivity contribution is 0.487. The molecule has 0 saturated carbocycles. The summed E-state index contributed by atoms with van der Waals surface area (Å²) in [6.07, 6.45) is 0. The molecule has 66 heavy (non-hydrogen) atoms. The lowest BCUT2D eigenvalue weighted by Crippen LogP contribution is -2.55. The summed E-state index contributed by atoms with van der Waals surface area (Å²) in [5.74, 6) is 1.84. The largest absolute Gasteiger partial charge is 0.456 e. The molecule has 0 spiro atoms. The molecule has 10 rings (SSSR count). The van der Waals surface area contributed by atoms with Crippen molar-refractivity contribution in [3.63, 3.8) is 0 Å². The number of benzene rings is 9. The molecule has 1 nitrogen and oxygen atoms in total. The van der Waals surface area contributed by atoms with Crippen LogP contribution in [-0.2, 0) is 0 Å². The molecule has 0 N–H and O–H groups in total. The normalized spacial score (nSPS) is 11.8. The summed E-state index contributed by atoms with van der Waals surface area (Å²) in [5, 5.41) is 4.94. The first-order valence-corrected chi connectivity index (χ1v) is 23.8. The van der Waals surface area contributed by atoms with Crippen molar-refractivity contribution < 1.29 is 4.74 Å². The van der Waals surface area contributed by atoms with E-state index in [1.165, 1.54) is 143 Å². The van der Waals surface area contributed by atoms with Crippen LogP contribution < -0.4 is 37.5 Å². The van der Waals surface area contributed by atoms with Gasteiger partial charge in [0.05, 0.1) is 0 Å². The number of fused-ring (bicyclic) bond motifs is 4. The van der Waals surface area contributed by atoms with Gasteiger partial charge in [0.25, 0.3) is 0 Å². The highest BCUT2D eigenvalue weighted by atomic mass is 16.5. The Morgan fingerprint density at radius 3 is 1.23 bits per heavy atom. The third-order valence-electron chi connectivity index (χ3n) is 14.9. The molecule has 1 heterocycles. The minimum Gasteiger partial charge on any atom is -0.456 e. The first kappa shape index (κ1) is 43.3. The fraction of sp³-hybridized carbons (Fsp3) is 0.206. The van der Waals surface area contributed by atoms with E-state index in [-0.39, 0.29) is 13.4 Å². The van der Waals surface area contributed by atoms with Crippen molar-refractivity contribution in [1.82, 2.24) is 0 Å². The van der Waals surface area contributed by atoms with E-state index in [4.69, 9.17) is 4.74 Å². The zero-order chi connectivity index (χ0) is 46.5. The molecule has 0 bridgehead atoms. The molecule has 324 valence electrons. The number of aryl methyl sites for hydroxylation is 13. The van der Waals surface area contributed by atoms with Crippen LogP contribution in [0.2, 0.25) is 0 Å². The summed E-state index contributed by atoms with van der Waals surface area (Å²) < 4.78 is 7.05. The van der Waals surface area contributed by atoms with Crippen LogP contribution in [0.4, 0.5) is 0 Å². The molecule has 0 amide bonds. The highest BCUT2D eigenvalue weighted by molar-refractivity contribution is 6.97. The molecule has 3 heteroatoms. The van der Waals surface area contributed by atoms with E-state index in [2.05, 4.69) is 217 Å². The molecule has 0 radical (unpaired) electrons. The summed E-state index contributed by atoms with van der Waals surface area (Å²) in [5.41, 5.74) is 30.2. The van der Waals surface area contributed by atoms with Crippen molar-refractivity contribution in [2.75, 3.05) is 0 Å². The molecule has 0 aromatic heterocycles. The fourth-order valence-electron chi connectivity index (χ4n) is 12.6. The zero-order valence-electron chi connectivity index (χ0n) is 41.2. The van der Waals surface area contributed by atoms with Crippen LogP contribution in [0.15, 0.2) is 127 Å². The molecule has 1 aliphatic rings. The molecule has 0 atom stereocenters. The molecule has 0 fully saturated rings. The number of hydrogen-bond acceptors (Lipinski definition) is 1. The van der Waals surface area contributed by atoms with E-state index < -0.39 is 0 Å². The van der Waals surface area contributed by atoms with Gasteiger partial charge in [0.2, 0.25) is 13.4 Å². The van der Waals surface area contributed by atoms with Gasteiger partial charge in [-0.1, -0.05) is 209 Å². The monoisotopic (exact) mass is 854 g/mol. The summed E-state index contributed by atoms with van der Waals surface area (Å²) >= 11 is 0. The number of rotatable bonds is 7. The number of ether oxygens (including phenoxy) is 1. The minimum absolute atomic E-state index is 0.0695. The van der Waals surface area contributed by atoms with Crippen LogP contribution >= 0.6 is 0 Å². The average molecular weight is 855 g/mol. The SMILES string of the molecule is Cc1cc(C)c(B(c2ccc(-c3ccc4c(C)c5c6c(cccc6c4c3)Oc3cc(B(c4c(C)cc(C)cc4C)c4c(C)cc(C)cc4C)ccc3-5)cc2)c2c(C)cc(C)cc2C)c(C)c1. The van der Waals surface area contributed by atoms with Gasteiger partial charge in [0, 0.05) is 16.5 Å². The molecule has 1 aliphatic heterocycles. The molecule has 9 aromatic rings. The second-order valence-electron chi connectivity index (χ2n) is 20.0. The lowest BCUT2D eigenvalue weighted by atomic mass is 9.34. The molecular formula is C63H60B2O. The van der Waals surface area contributed by atoms with Gasteiger partial charge in [0.1, 0.15) is 11.5 Å². The van der Waals surface area contributed by atoms with Crippen molar-refractivity contribution >= 4 is 67.7 Å². The van der Waals surface area contributed by atoms with Gasteiger partial charge < -0.3 is 4.74 Å². The molecular weight excluding hydrogens is 794 g/mol. The van der Waals surface area contributed by atoms with E-state index >= 15 is 0 Å². The predicted octanol–water partition coefficient (Wildman–Crippen LogP) is 12.5. The van der Waals surface area contributed by atoms with Gasteiger partial charge >= 0.3 is 0 Å². The van der Waals surface area contributed by atoms with Crippen molar-refractivity contribution in [3.8, 4) is 33.8 Å². The topological polar surface area (TPSA) is 9.23 Å². The number of hydrogen-bond donors (Lipinski definition) is 0. The van der Waals surface area contributed by atoms with Crippen molar-refractivity contribution in [3.05, 3.63) is 200 Å². The first-order valence-electron chi connectivity index (χ1n) is 23.8. The van der Waals surface area contributed by atoms with Gasteiger partial charge in [-0.25, -0.2) is 0 Å². The highest BCUT2D eigenvalue weighted by Crippen LogP contribution is 2.50. The average Bonchev–Trinajstić information content (AvgIpc) is 3.25. The molecule has 9 aromatic carbocycles. The van der Waals surface area contributed by atoms with Crippen LogP contribution in [0.25, 0.3) is 43.8 Å². The maximum absolute atomic E-state index is 7.05. The standard InChI is InChI=1S/C63H60B2O/c1-35-25-39(5)60(40(6)26-35)64(61-41(7)27-36(2)28-42(61)8)50-20-17-48(18-21-50)49-19-23-52-47(13)58-54-24-22-51(34-57(54)66-56-16-14-15-53(59(56)58)55(52)33-49)65(62-43(9)29-37(3)30-44(62)10)63-45(11)31-38(4)32-46(63)12/h14-34H,1-13H3. The summed E-state index contributed by atoms with van der Waals surface area (Å²) in [6, 6.07) is 48.9. The fourth-order valence-corrected chi connectivity index (χ4v) is 12.6. The van der Waals surface area contributed by atoms with E-state index in [0.29, 0.717) is 0 Å². The van der Waals surface area contributed by atoms with Crippen molar-refractivity contribution in [2.24, 2.45) is 0 Å². The van der Waals surface area contributed by atoms with E-state index in [9.17, 15) is 0 Å². The Balaban J connectivity index is 1.08. The van der Waals surface area contributed by atoms with Crippen molar-refractivity contribution in [1.29, 1.82) is 0 Å². The lowest BCUT2D eigenvalue weighted by Gasteiger charge is -2.28. The Labute approximate surface area is 394 Å². The Hall–Kier alpha value is -6.57. The Kier molecular flexibility index (Phi) is 10.8. The van der Waals surface area contributed by atoms with Crippen LogP contribution in [0, 0.1) is 90.0 Å². The molecule has 0 unspecified atom stereocenters. The summed E-state index contributed by atoms with van der Waals surface area (Å²) in [6.45, 7) is 29.6. The molecule has 0 saturated heterocycles. The van der Waals surface area contributed by atoms with Crippen LogP contribution in [0.5, 0.6) is 11.5 Å². The van der Waals surface area contributed by atoms with Crippen LogP contribution in [0.1, 0.15) is 72.3 Å².